The Balaban J connectivity index is 2.33. The van der Waals surface area contributed by atoms with Crippen LogP contribution in [0.5, 0.6) is 5.75 Å². The van der Waals surface area contributed by atoms with E-state index in [9.17, 15) is 5.11 Å². The van der Waals surface area contributed by atoms with Crippen molar-refractivity contribution >= 4 is 0 Å². The van der Waals surface area contributed by atoms with Crippen LogP contribution in [0, 0.1) is 0 Å². The maximum atomic E-state index is 10.5. The van der Waals surface area contributed by atoms with Crippen LogP contribution >= 0.6 is 0 Å². The zero-order valence-corrected chi connectivity index (χ0v) is 11.1. The highest BCUT2D eigenvalue weighted by Crippen LogP contribution is 2.35. The SMILES string of the molecule is COc1ccccc1C(O)C(OC)c1ccccc1. The van der Waals surface area contributed by atoms with Crippen LogP contribution in [0.15, 0.2) is 54.6 Å². The van der Waals surface area contributed by atoms with Crippen LogP contribution in [0.4, 0.5) is 0 Å². The van der Waals surface area contributed by atoms with E-state index in [0.29, 0.717) is 5.75 Å². The third kappa shape index (κ3) is 2.95. The van der Waals surface area contributed by atoms with E-state index in [1.165, 1.54) is 0 Å². The first-order valence-electron chi connectivity index (χ1n) is 6.16. The number of ether oxygens (including phenoxy) is 2. The van der Waals surface area contributed by atoms with E-state index in [2.05, 4.69) is 0 Å². The predicted octanol–water partition coefficient (Wildman–Crippen LogP) is 3.12. The fraction of sp³-hybridized carbons (Fsp3) is 0.250. The van der Waals surface area contributed by atoms with Gasteiger partial charge in [-0.05, 0) is 11.6 Å². The molecule has 2 atom stereocenters. The van der Waals surface area contributed by atoms with Crippen molar-refractivity contribution in [1.29, 1.82) is 0 Å². The van der Waals surface area contributed by atoms with Gasteiger partial charge in [-0.1, -0.05) is 48.5 Å². The number of benzene rings is 2. The van der Waals surface area contributed by atoms with Crippen molar-refractivity contribution in [2.45, 2.75) is 12.2 Å². The van der Waals surface area contributed by atoms with Crippen molar-refractivity contribution in [3.05, 3.63) is 65.7 Å². The van der Waals surface area contributed by atoms with E-state index in [-0.39, 0.29) is 0 Å². The van der Waals surface area contributed by atoms with Gasteiger partial charge in [0.05, 0.1) is 7.11 Å². The Labute approximate surface area is 113 Å². The summed E-state index contributed by atoms with van der Waals surface area (Å²) in [7, 11) is 3.19. The highest BCUT2D eigenvalue weighted by molar-refractivity contribution is 5.37. The number of hydrogen-bond donors (Lipinski definition) is 1. The summed E-state index contributed by atoms with van der Waals surface area (Å²) in [4.78, 5) is 0. The number of aliphatic hydroxyl groups is 1. The molecule has 0 heterocycles. The van der Waals surface area contributed by atoms with Crippen LogP contribution in [0.1, 0.15) is 23.3 Å². The van der Waals surface area contributed by atoms with E-state index in [1.807, 2.05) is 54.6 Å². The summed E-state index contributed by atoms with van der Waals surface area (Å²) in [6.07, 6.45) is -1.19. The van der Waals surface area contributed by atoms with Crippen LogP contribution in [0.2, 0.25) is 0 Å². The minimum atomic E-state index is -0.774. The van der Waals surface area contributed by atoms with Gasteiger partial charge < -0.3 is 14.6 Å². The first-order valence-corrected chi connectivity index (χ1v) is 6.16. The Morgan fingerprint density at radius 3 is 2.16 bits per heavy atom. The lowest BCUT2D eigenvalue weighted by Crippen LogP contribution is -2.13. The van der Waals surface area contributed by atoms with Crippen LogP contribution in [0.3, 0.4) is 0 Å². The van der Waals surface area contributed by atoms with E-state index in [0.717, 1.165) is 11.1 Å². The van der Waals surface area contributed by atoms with Gasteiger partial charge in [0.1, 0.15) is 18.0 Å². The lowest BCUT2D eigenvalue weighted by molar-refractivity contribution is -0.0159. The van der Waals surface area contributed by atoms with Crippen molar-refractivity contribution in [2.75, 3.05) is 14.2 Å². The summed E-state index contributed by atoms with van der Waals surface area (Å²) in [5.74, 6) is 0.660. The molecule has 2 aromatic carbocycles. The molecule has 2 aromatic rings. The van der Waals surface area contributed by atoms with Gasteiger partial charge in [-0.25, -0.2) is 0 Å². The number of hydrogen-bond acceptors (Lipinski definition) is 3. The molecule has 0 spiro atoms. The molecule has 2 unspecified atom stereocenters. The van der Waals surface area contributed by atoms with Gasteiger partial charge in [0, 0.05) is 12.7 Å². The smallest absolute Gasteiger partial charge is 0.124 e. The maximum absolute atomic E-state index is 10.5. The topological polar surface area (TPSA) is 38.7 Å². The monoisotopic (exact) mass is 258 g/mol. The first kappa shape index (κ1) is 13.6. The quantitative estimate of drug-likeness (QED) is 0.895. The molecule has 0 aliphatic heterocycles. The van der Waals surface area contributed by atoms with Crippen LogP contribution in [-0.2, 0) is 4.74 Å². The molecule has 0 aliphatic carbocycles. The number of para-hydroxylation sites is 1. The van der Waals surface area contributed by atoms with Gasteiger partial charge in [-0.15, -0.1) is 0 Å². The lowest BCUT2D eigenvalue weighted by atomic mass is 9.97. The number of aliphatic hydroxyl groups excluding tert-OH is 1. The van der Waals surface area contributed by atoms with Gasteiger partial charge in [-0.3, -0.25) is 0 Å². The predicted molar refractivity (Wildman–Crippen MR) is 74.1 cm³/mol. The van der Waals surface area contributed by atoms with Crippen molar-refractivity contribution in [1.82, 2.24) is 0 Å². The molecule has 0 aliphatic rings. The molecule has 0 fully saturated rings. The molecule has 0 saturated carbocycles. The lowest BCUT2D eigenvalue weighted by Gasteiger charge is -2.23. The second kappa shape index (κ2) is 6.36. The number of rotatable bonds is 5. The molecule has 0 saturated heterocycles. The zero-order valence-electron chi connectivity index (χ0n) is 11.1. The van der Waals surface area contributed by atoms with E-state index < -0.39 is 12.2 Å². The summed E-state index contributed by atoms with van der Waals surface area (Å²) in [6, 6.07) is 17.1. The van der Waals surface area contributed by atoms with E-state index >= 15 is 0 Å². The molecule has 0 aromatic heterocycles. The molecule has 0 radical (unpaired) electrons. The van der Waals surface area contributed by atoms with Crippen molar-refractivity contribution in [3.63, 3.8) is 0 Å². The third-order valence-corrected chi connectivity index (χ3v) is 3.13. The van der Waals surface area contributed by atoms with Crippen LogP contribution in [0.25, 0.3) is 0 Å². The average Bonchev–Trinajstić information content (AvgIpc) is 2.49. The zero-order chi connectivity index (χ0) is 13.7. The normalized spacial score (nSPS) is 13.8. The molecular formula is C16H18O3. The molecule has 3 nitrogen and oxygen atoms in total. The minimum Gasteiger partial charge on any atom is -0.496 e. The van der Waals surface area contributed by atoms with E-state index in [1.54, 1.807) is 14.2 Å². The van der Waals surface area contributed by atoms with Gasteiger partial charge in [0.2, 0.25) is 0 Å². The molecule has 0 bridgehead atoms. The Hall–Kier alpha value is -1.84. The highest BCUT2D eigenvalue weighted by atomic mass is 16.5. The fourth-order valence-electron chi connectivity index (χ4n) is 2.16. The largest absolute Gasteiger partial charge is 0.496 e. The minimum absolute atomic E-state index is 0.419. The molecule has 3 heteroatoms. The summed E-state index contributed by atoms with van der Waals surface area (Å²) in [6.45, 7) is 0. The standard InChI is InChI=1S/C16H18O3/c1-18-14-11-7-6-10-13(14)15(17)16(19-2)12-8-4-3-5-9-12/h3-11,15-17H,1-2H3. The van der Waals surface area contributed by atoms with Crippen molar-refractivity contribution < 1.29 is 14.6 Å². The van der Waals surface area contributed by atoms with Gasteiger partial charge in [0.25, 0.3) is 0 Å². The second-order valence-corrected chi connectivity index (χ2v) is 4.25. The van der Waals surface area contributed by atoms with Crippen LogP contribution in [-0.4, -0.2) is 19.3 Å². The van der Waals surface area contributed by atoms with E-state index in [4.69, 9.17) is 9.47 Å². The summed E-state index contributed by atoms with van der Waals surface area (Å²) >= 11 is 0. The molecule has 1 N–H and O–H groups in total. The van der Waals surface area contributed by atoms with Crippen molar-refractivity contribution in [2.24, 2.45) is 0 Å². The van der Waals surface area contributed by atoms with Gasteiger partial charge in [-0.2, -0.15) is 0 Å². The van der Waals surface area contributed by atoms with Gasteiger partial charge >= 0.3 is 0 Å². The summed E-state index contributed by atoms with van der Waals surface area (Å²) in [5, 5.41) is 10.5. The number of methoxy groups -OCH3 is 2. The Morgan fingerprint density at radius 2 is 1.53 bits per heavy atom. The second-order valence-electron chi connectivity index (χ2n) is 4.25. The first-order chi connectivity index (χ1) is 9.27. The maximum Gasteiger partial charge on any atom is 0.124 e. The Bertz CT molecular complexity index is 510. The van der Waals surface area contributed by atoms with Crippen LogP contribution < -0.4 is 4.74 Å². The molecule has 2 rings (SSSR count). The Kier molecular flexibility index (Phi) is 4.55. The average molecular weight is 258 g/mol. The summed E-state index contributed by atoms with van der Waals surface area (Å²) in [5.41, 5.74) is 1.66. The molecule has 19 heavy (non-hydrogen) atoms. The van der Waals surface area contributed by atoms with Gasteiger partial charge in [0.15, 0.2) is 0 Å². The Morgan fingerprint density at radius 1 is 0.895 bits per heavy atom. The fourth-order valence-corrected chi connectivity index (χ4v) is 2.16. The van der Waals surface area contributed by atoms with Crippen molar-refractivity contribution in [3.8, 4) is 5.75 Å². The summed E-state index contributed by atoms with van der Waals surface area (Å²) < 4.78 is 10.7. The molecular weight excluding hydrogens is 240 g/mol. The third-order valence-electron chi connectivity index (χ3n) is 3.13. The highest BCUT2D eigenvalue weighted by Gasteiger charge is 2.24. The molecule has 0 amide bonds. The molecule has 100 valence electrons.